The van der Waals surface area contributed by atoms with Crippen LogP contribution in [0.1, 0.15) is 36.0 Å². The Morgan fingerprint density at radius 2 is 2.13 bits per heavy atom. The Kier molecular flexibility index (Phi) is 2.77. The monoisotopic (exact) mass is 206 g/mol. The first kappa shape index (κ1) is 10.2. The summed E-state index contributed by atoms with van der Waals surface area (Å²) in [6.45, 7) is 0. The van der Waals surface area contributed by atoms with Crippen molar-refractivity contribution < 1.29 is 9.53 Å². The largest absolute Gasteiger partial charge is 0.378 e. The van der Waals surface area contributed by atoms with E-state index in [1.54, 1.807) is 19.5 Å². The molecule has 4 nitrogen and oxygen atoms in total. The van der Waals surface area contributed by atoms with Crippen LogP contribution >= 0.6 is 0 Å². The summed E-state index contributed by atoms with van der Waals surface area (Å²) in [5, 5.41) is 0. The maximum absolute atomic E-state index is 11.9. The van der Waals surface area contributed by atoms with E-state index in [-0.39, 0.29) is 11.4 Å². The van der Waals surface area contributed by atoms with Gasteiger partial charge in [-0.1, -0.05) is 0 Å². The molecule has 0 unspecified atom stereocenters. The SMILES string of the molecule is COC1(CC(=O)c2cncnc2)CCC1. The highest BCUT2D eigenvalue weighted by molar-refractivity contribution is 5.96. The van der Waals surface area contributed by atoms with Crippen molar-refractivity contribution in [2.75, 3.05) is 7.11 Å². The third-order valence-corrected chi connectivity index (χ3v) is 3.06. The van der Waals surface area contributed by atoms with Crippen LogP contribution in [0.4, 0.5) is 0 Å². The number of ether oxygens (including phenoxy) is 1. The van der Waals surface area contributed by atoms with Gasteiger partial charge >= 0.3 is 0 Å². The molecule has 0 N–H and O–H groups in total. The highest BCUT2D eigenvalue weighted by Crippen LogP contribution is 2.38. The number of rotatable bonds is 4. The maximum Gasteiger partial charge on any atom is 0.168 e. The van der Waals surface area contributed by atoms with E-state index in [0.29, 0.717) is 12.0 Å². The predicted molar refractivity (Wildman–Crippen MR) is 54.6 cm³/mol. The lowest BCUT2D eigenvalue weighted by molar-refractivity contribution is -0.0704. The molecule has 4 heteroatoms. The van der Waals surface area contributed by atoms with Crippen molar-refractivity contribution in [1.29, 1.82) is 0 Å². The summed E-state index contributed by atoms with van der Waals surface area (Å²) in [6, 6.07) is 0. The zero-order chi connectivity index (χ0) is 10.7. The molecule has 2 rings (SSSR count). The molecule has 0 atom stereocenters. The molecule has 1 aliphatic rings. The third-order valence-electron chi connectivity index (χ3n) is 3.06. The molecule has 0 saturated heterocycles. The van der Waals surface area contributed by atoms with E-state index in [4.69, 9.17) is 4.74 Å². The van der Waals surface area contributed by atoms with Crippen molar-refractivity contribution >= 4 is 5.78 Å². The van der Waals surface area contributed by atoms with Crippen LogP contribution in [0.5, 0.6) is 0 Å². The van der Waals surface area contributed by atoms with Crippen LogP contribution in [0.3, 0.4) is 0 Å². The van der Waals surface area contributed by atoms with Gasteiger partial charge in [-0.05, 0) is 19.3 Å². The molecule has 0 radical (unpaired) electrons. The van der Waals surface area contributed by atoms with Gasteiger partial charge < -0.3 is 4.74 Å². The van der Waals surface area contributed by atoms with Gasteiger partial charge in [-0.15, -0.1) is 0 Å². The van der Waals surface area contributed by atoms with Gasteiger partial charge in [-0.3, -0.25) is 4.79 Å². The molecule has 0 spiro atoms. The highest BCUT2D eigenvalue weighted by Gasteiger charge is 2.39. The van der Waals surface area contributed by atoms with Crippen molar-refractivity contribution in [2.45, 2.75) is 31.3 Å². The van der Waals surface area contributed by atoms with Crippen molar-refractivity contribution in [3.63, 3.8) is 0 Å². The highest BCUT2D eigenvalue weighted by atomic mass is 16.5. The number of nitrogens with zero attached hydrogens (tertiary/aromatic N) is 2. The Labute approximate surface area is 88.7 Å². The first-order chi connectivity index (χ1) is 7.26. The van der Waals surface area contributed by atoms with Gasteiger partial charge in [0.1, 0.15) is 6.33 Å². The van der Waals surface area contributed by atoms with E-state index < -0.39 is 0 Å². The van der Waals surface area contributed by atoms with Crippen LogP contribution in [0.15, 0.2) is 18.7 Å². The van der Waals surface area contributed by atoms with Crippen LogP contribution in [0.2, 0.25) is 0 Å². The summed E-state index contributed by atoms with van der Waals surface area (Å²) in [4.78, 5) is 19.5. The first-order valence-corrected chi connectivity index (χ1v) is 5.09. The smallest absolute Gasteiger partial charge is 0.168 e. The summed E-state index contributed by atoms with van der Waals surface area (Å²) in [5.41, 5.74) is 0.355. The van der Waals surface area contributed by atoms with Crippen molar-refractivity contribution in [1.82, 2.24) is 9.97 Å². The van der Waals surface area contributed by atoms with Crippen LogP contribution in [-0.4, -0.2) is 28.5 Å². The summed E-state index contributed by atoms with van der Waals surface area (Å²) < 4.78 is 5.40. The predicted octanol–water partition coefficient (Wildman–Crippen LogP) is 1.62. The van der Waals surface area contributed by atoms with Gasteiger partial charge in [0.2, 0.25) is 0 Å². The van der Waals surface area contributed by atoms with E-state index in [2.05, 4.69) is 9.97 Å². The average molecular weight is 206 g/mol. The second-order valence-electron chi connectivity index (χ2n) is 3.97. The Balaban J connectivity index is 2.04. The van der Waals surface area contributed by atoms with Gasteiger partial charge in [0.25, 0.3) is 0 Å². The van der Waals surface area contributed by atoms with Crippen LogP contribution in [0, 0.1) is 0 Å². The van der Waals surface area contributed by atoms with Gasteiger partial charge in [0, 0.05) is 25.9 Å². The molecule has 1 aromatic rings. The van der Waals surface area contributed by atoms with Gasteiger partial charge in [-0.2, -0.15) is 0 Å². The van der Waals surface area contributed by atoms with Crippen molar-refractivity contribution in [2.24, 2.45) is 0 Å². The number of carbonyl (C=O) groups excluding carboxylic acids is 1. The standard InChI is InChI=1S/C11H14N2O2/c1-15-11(3-2-4-11)5-10(14)9-6-12-8-13-7-9/h6-8H,2-5H2,1H3. The molecule has 1 aliphatic carbocycles. The summed E-state index contributed by atoms with van der Waals surface area (Å²) in [5.74, 6) is 0.0668. The molecule has 80 valence electrons. The molecule has 15 heavy (non-hydrogen) atoms. The van der Waals surface area contributed by atoms with Crippen LogP contribution in [0.25, 0.3) is 0 Å². The first-order valence-electron chi connectivity index (χ1n) is 5.09. The average Bonchev–Trinajstić information content (AvgIpc) is 2.24. The molecule has 1 aromatic heterocycles. The van der Waals surface area contributed by atoms with Crippen molar-refractivity contribution in [3.05, 3.63) is 24.3 Å². The van der Waals surface area contributed by atoms with Gasteiger partial charge in [-0.25, -0.2) is 9.97 Å². The number of aromatic nitrogens is 2. The number of Topliss-reactive ketones (excluding diaryl/α,β-unsaturated/α-hetero) is 1. The van der Waals surface area contributed by atoms with E-state index >= 15 is 0 Å². The molecular formula is C11H14N2O2. The number of carbonyl (C=O) groups is 1. The Hall–Kier alpha value is -1.29. The van der Waals surface area contributed by atoms with E-state index in [1.807, 2.05) is 0 Å². The number of hydrogen-bond donors (Lipinski definition) is 0. The quantitative estimate of drug-likeness (QED) is 0.702. The minimum Gasteiger partial charge on any atom is -0.378 e. The maximum atomic E-state index is 11.9. The summed E-state index contributed by atoms with van der Waals surface area (Å²) >= 11 is 0. The summed E-state index contributed by atoms with van der Waals surface area (Å²) in [7, 11) is 1.67. The van der Waals surface area contributed by atoms with Crippen molar-refractivity contribution in [3.8, 4) is 0 Å². The minimum absolute atomic E-state index is 0.0668. The second kappa shape index (κ2) is 4.06. The molecule has 0 amide bonds. The Bertz CT molecular complexity index is 341. The zero-order valence-corrected chi connectivity index (χ0v) is 8.77. The molecule has 1 heterocycles. The topological polar surface area (TPSA) is 52.1 Å². The molecular weight excluding hydrogens is 192 g/mol. The lowest BCUT2D eigenvalue weighted by Crippen LogP contribution is -2.41. The Morgan fingerprint density at radius 1 is 1.47 bits per heavy atom. The lowest BCUT2D eigenvalue weighted by atomic mass is 9.76. The van der Waals surface area contributed by atoms with Crippen LogP contribution in [-0.2, 0) is 4.74 Å². The molecule has 0 bridgehead atoms. The fraction of sp³-hybridized carbons (Fsp3) is 0.545. The van der Waals surface area contributed by atoms with E-state index in [9.17, 15) is 4.79 Å². The zero-order valence-electron chi connectivity index (χ0n) is 8.77. The van der Waals surface area contributed by atoms with Gasteiger partial charge in [0.05, 0.1) is 11.2 Å². The summed E-state index contributed by atoms with van der Waals surface area (Å²) in [6.07, 6.45) is 8.07. The fourth-order valence-corrected chi connectivity index (χ4v) is 1.86. The molecule has 1 fully saturated rings. The molecule has 0 aromatic carbocycles. The fourth-order valence-electron chi connectivity index (χ4n) is 1.86. The van der Waals surface area contributed by atoms with E-state index in [0.717, 1.165) is 19.3 Å². The Morgan fingerprint density at radius 3 is 2.60 bits per heavy atom. The second-order valence-corrected chi connectivity index (χ2v) is 3.97. The third kappa shape index (κ3) is 2.04. The lowest BCUT2D eigenvalue weighted by Gasteiger charge is -2.39. The molecule has 1 saturated carbocycles. The number of methoxy groups -OCH3 is 1. The normalized spacial score (nSPS) is 18.2. The number of ketones is 1. The number of hydrogen-bond acceptors (Lipinski definition) is 4. The minimum atomic E-state index is -0.215. The molecule has 0 aliphatic heterocycles. The van der Waals surface area contributed by atoms with Gasteiger partial charge in [0.15, 0.2) is 5.78 Å². The van der Waals surface area contributed by atoms with E-state index in [1.165, 1.54) is 6.33 Å². The van der Waals surface area contributed by atoms with Crippen LogP contribution < -0.4 is 0 Å².